The van der Waals surface area contributed by atoms with E-state index in [-0.39, 0.29) is 48.1 Å². The summed E-state index contributed by atoms with van der Waals surface area (Å²) in [5.74, 6) is 0.144. The summed E-state index contributed by atoms with van der Waals surface area (Å²) in [6.45, 7) is 4.50. The quantitative estimate of drug-likeness (QED) is 0.0238. The number of hydrogen-bond donors (Lipinski definition) is 2. The molecule has 0 aromatic heterocycles. The molecule has 0 saturated heterocycles. The zero-order chi connectivity index (χ0) is 42.8. The molecule has 0 bridgehead atoms. The molecule has 3 N–H and O–H groups in total. The number of nitrogens with zero attached hydrogens (tertiary/aromatic N) is 2. The predicted octanol–water partition coefficient (Wildman–Crippen LogP) is 7.77. The first-order chi connectivity index (χ1) is 29.5. The van der Waals surface area contributed by atoms with Gasteiger partial charge in [-0.1, -0.05) is 225 Å². The van der Waals surface area contributed by atoms with Gasteiger partial charge in [-0.3, -0.25) is 5.10 Å². The van der Waals surface area contributed by atoms with Crippen LogP contribution in [0.1, 0.15) is 5.56 Å². The van der Waals surface area contributed by atoms with E-state index in [1.165, 1.54) is 38.0 Å². The van der Waals surface area contributed by atoms with E-state index in [0.29, 0.717) is 5.56 Å². The Hall–Kier alpha value is -4.73. The zero-order valence-electron chi connectivity index (χ0n) is 33.2. The molecule has 0 fully saturated rings. The fourth-order valence-corrected chi connectivity index (χ4v) is 10.6. The Kier molecular flexibility index (Phi) is 26.8. The number of thiocarbonyl (C=S) groups is 1. The van der Waals surface area contributed by atoms with Gasteiger partial charge >= 0.3 is 30.8 Å². The van der Waals surface area contributed by atoms with Crippen molar-refractivity contribution in [3.05, 3.63) is 236 Å². The minimum absolute atomic E-state index is 0. The molecule has 0 amide bonds. The number of benzene rings is 8. The largest absolute Gasteiger partial charge is 2.00 e. The summed E-state index contributed by atoms with van der Waals surface area (Å²) in [7, 11) is -0.892. The maximum atomic E-state index is 9.78. The minimum Gasteiger partial charge on any atom is -1.00 e. The first kappa shape index (κ1) is 53.4. The van der Waals surface area contributed by atoms with E-state index in [4.69, 9.17) is 33.6 Å². The minimum atomic E-state index is -0.446. The summed E-state index contributed by atoms with van der Waals surface area (Å²) >= 11 is 14.1. The summed E-state index contributed by atoms with van der Waals surface area (Å²) in [6, 6.07) is 75.8. The van der Waals surface area contributed by atoms with Crippen molar-refractivity contribution in [3.63, 3.8) is 0 Å². The molecule has 0 aliphatic rings. The molecule has 8 rings (SSSR count). The Morgan fingerprint density at radius 3 is 1.11 bits per heavy atom. The average Bonchev–Trinajstić information content (AvgIpc) is 3.31. The van der Waals surface area contributed by atoms with Crippen molar-refractivity contribution in [2.24, 2.45) is 10.8 Å². The predicted molar refractivity (Wildman–Crippen MR) is 264 cm³/mol. The number of phenolic OH excluding ortho intramolecular Hbond substituents is 1. The van der Waals surface area contributed by atoms with Crippen molar-refractivity contribution in [1.29, 1.82) is 0 Å². The van der Waals surface area contributed by atoms with Crippen LogP contribution in [0.3, 0.4) is 0 Å². The molecular weight excluding hydrogens is 976 g/mol. The van der Waals surface area contributed by atoms with E-state index in [0.717, 1.165) is 10.8 Å². The van der Waals surface area contributed by atoms with E-state index < -0.39 is 15.8 Å². The fourth-order valence-electron chi connectivity index (χ4n) is 5.92. The molecule has 0 atom stereocenters. The SMILES string of the molecule is ClCCl.NC(=S)[N-]/N=C/c1c(O)ccc2ccccc12.[C-]#[O+].[Cl-].[Ru+2].c1ccc(P(c2ccccc2)c2ccccc2)cc1.c1ccc(P(c2ccccc2)c2ccccc2)cc1. The summed E-state index contributed by atoms with van der Waals surface area (Å²) in [5, 5.41) is 24.0. The van der Waals surface area contributed by atoms with Crippen LogP contribution in [-0.4, -0.2) is 21.8 Å². The van der Waals surface area contributed by atoms with Crippen LogP contribution in [0.25, 0.3) is 16.2 Å². The van der Waals surface area contributed by atoms with E-state index in [2.05, 4.69) is 211 Å². The summed E-state index contributed by atoms with van der Waals surface area (Å²) < 4.78 is 7.50. The number of fused-ring (bicyclic) bond motifs is 1. The molecule has 0 unspecified atom stereocenters. The molecule has 0 aliphatic carbocycles. The first-order valence-corrected chi connectivity index (χ1v) is 22.6. The van der Waals surface area contributed by atoms with E-state index >= 15 is 0 Å². The monoisotopic (exact) mass is 1020 g/mol. The van der Waals surface area contributed by atoms with Gasteiger partial charge in [0.25, 0.3) is 0 Å². The molecule has 314 valence electrons. The molecule has 62 heavy (non-hydrogen) atoms. The second-order valence-electron chi connectivity index (χ2n) is 12.2. The van der Waals surface area contributed by atoms with Gasteiger partial charge < -0.3 is 28.7 Å². The normalized spacial score (nSPS) is 9.77. The molecule has 0 spiro atoms. The molecule has 0 radical (unpaired) electrons. The van der Waals surface area contributed by atoms with Crippen LogP contribution in [0.5, 0.6) is 5.75 Å². The number of alkyl halides is 2. The number of halogens is 3. The smallest absolute Gasteiger partial charge is 1.00 e. The number of phenols is 1. The number of rotatable bonds is 8. The Bertz CT molecular complexity index is 2180. The van der Waals surface area contributed by atoms with Crippen molar-refractivity contribution in [3.8, 4) is 5.75 Å². The van der Waals surface area contributed by atoms with Crippen molar-refractivity contribution >= 4 is 105 Å². The Morgan fingerprint density at radius 2 is 0.823 bits per heavy atom. The second kappa shape index (κ2) is 31.2. The van der Waals surface area contributed by atoms with Crippen molar-refractivity contribution in [1.82, 2.24) is 0 Å². The maximum Gasteiger partial charge on any atom is 2.00 e. The summed E-state index contributed by atoms with van der Waals surface area (Å²) in [5.41, 5.74) is 9.33. The molecule has 0 aliphatic heterocycles. The molecule has 0 heterocycles. The molecule has 8 aromatic carbocycles. The first-order valence-electron chi connectivity index (χ1n) is 18.5. The van der Waals surface area contributed by atoms with Crippen LogP contribution in [0, 0.1) is 6.65 Å². The van der Waals surface area contributed by atoms with E-state index in [1.807, 2.05) is 30.3 Å². The zero-order valence-corrected chi connectivity index (χ0v) is 39.8. The van der Waals surface area contributed by atoms with Crippen LogP contribution < -0.4 is 50.0 Å². The Labute approximate surface area is 401 Å². The van der Waals surface area contributed by atoms with Gasteiger partial charge in [0.15, 0.2) is 0 Å². The third-order valence-corrected chi connectivity index (χ3v) is 13.3. The fraction of sp³-hybridized carbons (Fsp3) is 0.0200. The average molecular weight is 1020 g/mol. The molecule has 0 saturated carbocycles. The van der Waals surface area contributed by atoms with E-state index in [9.17, 15) is 5.11 Å². The van der Waals surface area contributed by atoms with Gasteiger partial charge in [-0.05, 0) is 64.5 Å². The Morgan fingerprint density at radius 1 is 0.548 bits per heavy atom. The van der Waals surface area contributed by atoms with Gasteiger partial charge in [-0.15, -0.1) is 23.2 Å². The third-order valence-electron chi connectivity index (χ3n) is 8.38. The third kappa shape index (κ3) is 17.2. The van der Waals surface area contributed by atoms with Crippen LogP contribution in [0.15, 0.2) is 223 Å². The van der Waals surface area contributed by atoms with Crippen LogP contribution >= 0.6 is 51.3 Å². The summed E-state index contributed by atoms with van der Waals surface area (Å²) in [4.78, 5) is 0. The van der Waals surface area contributed by atoms with Crippen molar-refractivity contribution in [2.75, 3.05) is 5.34 Å². The van der Waals surface area contributed by atoms with Gasteiger partial charge in [0.05, 0.1) is 5.34 Å². The number of aromatic hydroxyl groups is 1. The molecular formula is C50H42Cl3N3O2P2RuS. The van der Waals surface area contributed by atoms with Crippen LogP contribution in [0.4, 0.5) is 0 Å². The number of hydrogen-bond acceptors (Lipinski definition) is 3. The van der Waals surface area contributed by atoms with Gasteiger partial charge in [0.2, 0.25) is 0 Å². The van der Waals surface area contributed by atoms with E-state index in [1.54, 1.807) is 6.07 Å². The van der Waals surface area contributed by atoms with Crippen LogP contribution in [-0.2, 0) is 24.1 Å². The summed E-state index contributed by atoms with van der Waals surface area (Å²) in [6.07, 6.45) is 1.44. The standard InChI is InChI=1S/2C18H15P.C12H11N3OS.CH2Cl2.CO.ClH.Ru/c2*1-4-10-16(11-5-1)19(17-12-6-2-7-13-17)18-14-8-3-9-15-18;13-12(17)15-14-7-10-9-4-2-1-3-8(9)5-6-11(10)16;2-1-3;1-2;;/h2*1-15H;1-7H,(H4,13,14,15,16,17);1H2;;1H;/q;;;;;;+2/p-2. The molecule has 8 aromatic rings. The Balaban J connectivity index is 0.000000300. The van der Waals surface area contributed by atoms with Crippen molar-refractivity contribution < 1.29 is 41.6 Å². The number of nitrogens with two attached hydrogens (primary N) is 1. The maximum absolute atomic E-state index is 9.78. The second-order valence-corrected chi connectivity index (χ2v) is 17.9. The van der Waals surface area contributed by atoms with Crippen molar-refractivity contribution in [2.45, 2.75) is 0 Å². The van der Waals surface area contributed by atoms with Gasteiger partial charge in [-0.2, -0.15) is 0 Å². The molecule has 5 nitrogen and oxygen atoms in total. The molecule has 12 heteroatoms. The van der Waals surface area contributed by atoms with Gasteiger partial charge in [-0.25, -0.2) is 0 Å². The van der Waals surface area contributed by atoms with Gasteiger partial charge in [0.1, 0.15) is 5.75 Å². The van der Waals surface area contributed by atoms with Crippen LogP contribution in [0.2, 0.25) is 0 Å². The topological polar surface area (TPSA) is 92.6 Å². The van der Waals surface area contributed by atoms with Gasteiger partial charge in [0, 0.05) is 16.9 Å².